The van der Waals surface area contributed by atoms with Crippen LogP contribution in [-0.4, -0.2) is 32.7 Å². The second kappa shape index (κ2) is 8.91. The standard InChI is InChI=1S/C17H18N6O.ClH/c18-10-16(24)19-11-14-8-4-5-9-15(14)12-23-21-17(20-22-23)13-6-2-1-3-7-13;/h1-9H,10-12,18H2,(H,19,24);1H. The van der Waals surface area contributed by atoms with Gasteiger partial charge in [-0.1, -0.05) is 54.6 Å². The van der Waals surface area contributed by atoms with Gasteiger partial charge in [0.25, 0.3) is 0 Å². The Morgan fingerprint density at radius 1 is 1.04 bits per heavy atom. The van der Waals surface area contributed by atoms with Crippen molar-refractivity contribution < 1.29 is 4.79 Å². The predicted molar refractivity (Wildman–Crippen MR) is 96.9 cm³/mol. The molecule has 3 rings (SSSR count). The molecule has 0 saturated carbocycles. The van der Waals surface area contributed by atoms with Gasteiger partial charge in [-0.15, -0.1) is 22.6 Å². The highest BCUT2D eigenvalue weighted by Crippen LogP contribution is 2.14. The first-order valence-electron chi connectivity index (χ1n) is 7.63. The van der Waals surface area contributed by atoms with Gasteiger partial charge >= 0.3 is 0 Å². The van der Waals surface area contributed by atoms with Crippen LogP contribution in [0.5, 0.6) is 0 Å². The average Bonchev–Trinajstić information content (AvgIpc) is 3.10. The van der Waals surface area contributed by atoms with Gasteiger partial charge in [-0.05, 0) is 16.3 Å². The third-order valence-corrected chi connectivity index (χ3v) is 3.58. The summed E-state index contributed by atoms with van der Waals surface area (Å²) in [7, 11) is 0. The number of carbonyl (C=O) groups is 1. The van der Waals surface area contributed by atoms with Crippen molar-refractivity contribution in [3.8, 4) is 11.4 Å². The van der Waals surface area contributed by atoms with Crippen LogP contribution in [-0.2, 0) is 17.9 Å². The highest BCUT2D eigenvalue weighted by Gasteiger charge is 2.08. The van der Waals surface area contributed by atoms with E-state index < -0.39 is 0 Å². The van der Waals surface area contributed by atoms with Crippen molar-refractivity contribution in [2.45, 2.75) is 13.1 Å². The van der Waals surface area contributed by atoms with Crippen LogP contribution in [0, 0.1) is 0 Å². The molecule has 0 aliphatic heterocycles. The molecule has 7 nitrogen and oxygen atoms in total. The first-order chi connectivity index (χ1) is 11.8. The molecule has 0 radical (unpaired) electrons. The summed E-state index contributed by atoms with van der Waals surface area (Å²) >= 11 is 0. The number of amides is 1. The van der Waals surface area contributed by atoms with E-state index in [1.165, 1.54) is 0 Å². The number of hydrogen-bond acceptors (Lipinski definition) is 5. The van der Waals surface area contributed by atoms with Gasteiger partial charge in [0.2, 0.25) is 11.7 Å². The van der Waals surface area contributed by atoms with Crippen LogP contribution in [0.25, 0.3) is 11.4 Å². The van der Waals surface area contributed by atoms with E-state index in [1.807, 2.05) is 54.6 Å². The Balaban J connectivity index is 0.00000225. The molecule has 1 amide bonds. The number of rotatable bonds is 6. The Bertz CT molecular complexity index is 821. The zero-order valence-electron chi connectivity index (χ0n) is 13.5. The maximum Gasteiger partial charge on any atom is 0.234 e. The summed E-state index contributed by atoms with van der Waals surface area (Å²) < 4.78 is 0. The summed E-state index contributed by atoms with van der Waals surface area (Å²) in [6.45, 7) is 0.883. The van der Waals surface area contributed by atoms with E-state index in [1.54, 1.807) is 4.80 Å². The van der Waals surface area contributed by atoms with Crippen molar-refractivity contribution in [3.63, 3.8) is 0 Å². The molecule has 0 unspecified atom stereocenters. The normalized spacial score (nSPS) is 10.1. The van der Waals surface area contributed by atoms with Crippen molar-refractivity contribution in [2.24, 2.45) is 5.73 Å². The fourth-order valence-corrected chi connectivity index (χ4v) is 2.32. The number of halogens is 1. The monoisotopic (exact) mass is 358 g/mol. The molecule has 0 fully saturated rings. The minimum atomic E-state index is -0.185. The summed E-state index contributed by atoms with van der Waals surface area (Å²) in [5.74, 6) is 0.402. The Morgan fingerprint density at radius 3 is 2.44 bits per heavy atom. The molecule has 0 aliphatic rings. The fraction of sp³-hybridized carbons (Fsp3) is 0.176. The zero-order valence-corrected chi connectivity index (χ0v) is 14.3. The molecule has 3 N–H and O–H groups in total. The Morgan fingerprint density at radius 2 is 1.72 bits per heavy atom. The smallest absolute Gasteiger partial charge is 0.234 e. The number of nitrogens with one attached hydrogen (secondary N) is 1. The van der Waals surface area contributed by atoms with Crippen LogP contribution in [0.3, 0.4) is 0 Å². The minimum Gasteiger partial charge on any atom is -0.351 e. The van der Waals surface area contributed by atoms with E-state index in [0.29, 0.717) is 18.9 Å². The second-order valence-electron chi connectivity index (χ2n) is 5.26. The number of hydrogen-bond donors (Lipinski definition) is 2. The molecule has 8 heteroatoms. The second-order valence-corrected chi connectivity index (χ2v) is 5.26. The molecule has 0 aliphatic carbocycles. The lowest BCUT2D eigenvalue weighted by Crippen LogP contribution is -2.30. The highest BCUT2D eigenvalue weighted by molar-refractivity contribution is 5.85. The average molecular weight is 359 g/mol. The molecule has 0 atom stereocenters. The van der Waals surface area contributed by atoms with Crippen molar-refractivity contribution in [3.05, 3.63) is 65.7 Å². The summed E-state index contributed by atoms with van der Waals surface area (Å²) in [4.78, 5) is 12.9. The van der Waals surface area contributed by atoms with E-state index in [2.05, 4.69) is 20.7 Å². The Hall–Kier alpha value is -2.77. The molecule has 0 spiro atoms. The summed E-state index contributed by atoms with van der Waals surface area (Å²) in [6.07, 6.45) is 0. The first kappa shape index (κ1) is 18.6. The van der Waals surface area contributed by atoms with E-state index in [0.717, 1.165) is 16.7 Å². The van der Waals surface area contributed by atoms with Crippen molar-refractivity contribution >= 4 is 18.3 Å². The third-order valence-electron chi connectivity index (χ3n) is 3.58. The van der Waals surface area contributed by atoms with Gasteiger partial charge in [-0.2, -0.15) is 4.80 Å². The number of benzene rings is 2. The molecule has 130 valence electrons. The van der Waals surface area contributed by atoms with Crippen molar-refractivity contribution in [1.29, 1.82) is 0 Å². The molecule has 3 aromatic rings. The van der Waals surface area contributed by atoms with Crippen molar-refractivity contribution in [2.75, 3.05) is 6.54 Å². The van der Waals surface area contributed by atoms with Crippen LogP contribution >= 0.6 is 12.4 Å². The first-order valence-corrected chi connectivity index (χ1v) is 7.63. The van der Waals surface area contributed by atoms with E-state index in [-0.39, 0.29) is 24.9 Å². The van der Waals surface area contributed by atoms with Crippen LogP contribution in [0.4, 0.5) is 0 Å². The lowest BCUT2D eigenvalue weighted by Gasteiger charge is -2.09. The van der Waals surface area contributed by atoms with Crippen LogP contribution in [0.2, 0.25) is 0 Å². The van der Waals surface area contributed by atoms with E-state index in [4.69, 9.17) is 5.73 Å². The number of carbonyl (C=O) groups excluding carboxylic acids is 1. The zero-order chi connectivity index (χ0) is 16.8. The highest BCUT2D eigenvalue weighted by atomic mass is 35.5. The minimum absolute atomic E-state index is 0. The quantitative estimate of drug-likeness (QED) is 0.693. The van der Waals surface area contributed by atoms with Crippen LogP contribution in [0.15, 0.2) is 54.6 Å². The number of tetrazole rings is 1. The molecule has 1 heterocycles. The molecular weight excluding hydrogens is 340 g/mol. The summed E-state index contributed by atoms with van der Waals surface area (Å²) in [6, 6.07) is 17.5. The molecule has 0 saturated heterocycles. The third kappa shape index (κ3) is 4.85. The Labute approximate surface area is 151 Å². The number of nitrogens with two attached hydrogens (primary N) is 1. The molecule has 2 aromatic carbocycles. The van der Waals surface area contributed by atoms with Gasteiger partial charge in [-0.25, -0.2) is 0 Å². The summed E-state index contributed by atoms with van der Waals surface area (Å²) in [5.41, 5.74) is 8.25. The predicted octanol–water partition coefficient (Wildman–Crippen LogP) is 1.39. The number of aromatic nitrogens is 4. The van der Waals surface area contributed by atoms with Crippen molar-refractivity contribution in [1.82, 2.24) is 25.5 Å². The largest absolute Gasteiger partial charge is 0.351 e. The van der Waals surface area contributed by atoms with Gasteiger partial charge < -0.3 is 11.1 Å². The Kier molecular flexibility index (Phi) is 6.62. The van der Waals surface area contributed by atoms with Gasteiger partial charge in [0.15, 0.2) is 0 Å². The van der Waals surface area contributed by atoms with Gasteiger partial charge in [0.05, 0.1) is 13.1 Å². The van der Waals surface area contributed by atoms with E-state index >= 15 is 0 Å². The molecule has 25 heavy (non-hydrogen) atoms. The van der Waals surface area contributed by atoms with Crippen LogP contribution < -0.4 is 11.1 Å². The lowest BCUT2D eigenvalue weighted by atomic mass is 10.1. The molecule has 1 aromatic heterocycles. The van der Waals surface area contributed by atoms with Gasteiger partial charge in [-0.3, -0.25) is 4.79 Å². The maximum atomic E-state index is 11.3. The molecule has 0 bridgehead atoms. The fourth-order valence-electron chi connectivity index (χ4n) is 2.32. The number of nitrogens with zero attached hydrogens (tertiary/aromatic N) is 4. The van der Waals surface area contributed by atoms with Gasteiger partial charge in [0.1, 0.15) is 0 Å². The molecular formula is C17H19ClN6O. The maximum absolute atomic E-state index is 11.3. The van der Waals surface area contributed by atoms with Gasteiger partial charge in [0, 0.05) is 12.1 Å². The lowest BCUT2D eigenvalue weighted by molar-refractivity contribution is -0.119. The topological polar surface area (TPSA) is 98.7 Å². The van der Waals surface area contributed by atoms with E-state index in [9.17, 15) is 4.79 Å². The SMILES string of the molecule is Cl.NCC(=O)NCc1ccccc1Cn1nnc(-c2ccccc2)n1. The van der Waals surface area contributed by atoms with Crippen LogP contribution in [0.1, 0.15) is 11.1 Å². The summed E-state index contributed by atoms with van der Waals surface area (Å²) in [5, 5.41) is 15.4.